The minimum absolute atomic E-state index is 0.0909. The molecule has 0 aliphatic rings. The van der Waals surface area contributed by atoms with Gasteiger partial charge in [-0.25, -0.2) is 0 Å². The van der Waals surface area contributed by atoms with Crippen molar-refractivity contribution in [1.82, 2.24) is 10.2 Å². The zero-order chi connectivity index (χ0) is 14.4. The maximum absolute atomic E-state index is 12.3. The number of alkyl halides is 3. The van der Waals surface area contributed by atoms with Crippen molar-refractivity contribution in [1.29, 1.82) is 0 Å². The van der Waals surface area contributed by atoms with Crippen molar-refractivity contribution in [2.24, 2.45) is 0 Å². The Morgan fingerprint density at radius 1 is 1.11 bits per heavy atom. The fourth-order valence-electron chi connectivity index (χ4n) is 1.51. The van der Waals surface area contributed by atoms with Crippen molar-refractivity contribution >= 4 is 0 Å². The molecule has 0 radical (unpaired) electrons. The zero-order valence-electron chi connectivity index (χ0n) is 12.1. The lowest BCUT2D eigenvalue weighted by Crippen LogP contribution is -2.45. The average Bonchev–Trinajstić information content (AvgIpc) is 2.11. The highest BCUT2D eigenvalue weighted by atomic mass is 19.4. The van der Waals surface area contributed by atoms with E-state index < -0.39 is 12.7 Å². The highest BCUT2D eigenvalue weighted by Gasteiger charge is 2.31. The van der Waals surface area contributed by atoms with Crippen LogP contribution in [-0.2, 0) is 0 Å². The Balaban J connectivity index is 3.85. The monoisotopic (exact) mass is 270 g/mol. The Hall–Kier alpha value is -0.330. The van der Waals surface area contributed by atoms with E-state index in [-0.39, 0.29) is 6.04 Å². The summed E-state index contributed by atoms with van der Waals surface area (Å²) in [6.07, 6.45) is -4.12. The van der Waals surface area contributed by atoms with Crippen LogP contribution in [0.5, 0.6) is 0 Å². The molecule has 0 rings (SSSR count). The normalized spacial score (nSPS) is 13.7. The molecule has 1 N–H and O–H groups in total. The number of hydrogen-bond donors (Lipinski definition) is 1. The molecule has 0 aliphatic carbocycles. The first-order valence-electron chi connectivity index (χ1n) is 6.33. The van der Waals surface area contributed by atoms with Gasteiger partial charge in [-0.05, 0) is 13.8 Å². The quantitative estimate of drug-likeness (QED) is 0.532. The smallest absolute Gasteiger partial charge is 0.330 e. The van der Waals surface area contributed by atoms with Crippen LogP contribution >= 0.6 is 0 Å². The van der Waals surface area contributed by atoms with E-state index in [2.05, 4.69) is 26.5 Å². The molecule has 0 aromatic heterocycles. The predicted octanol–water partition coefficient (Wildman–Crippen LogP) is 1.55. The Morgan fingerprint density at radius 2 is 1.67 bits per heavy atom. The first-order valence-corrected chi connectivity index (χ1v) is 6.33. The molecule has 0 heterocycles. The second-order valence-electron chi connectivity index (χ2n) is 5.94. The average molecular weight is 270 g/mol. The van der Waals surface area contributed by atoms with Crippen LogP contribution in [0.25, 0.3) is 0 Å². The van der Waals surface area contributed by atoms with Gasteiger partial charge in [-0.3, -0.25) is 4.90 Å². The summed E-state index contributed by atoms with van der Waals surface area (Å²) in [5.74, 6) is 0. The molecule has 0 saturated heterocycles. The van der Waals surface area contributed by atoms with Gasteiger partial charge in [0, 0.05) is 25.7 Å². The first-order chi connectivity index (χ1) is 8.01. The lowest BCUT2D eigenvalue weighted by molar-refractivity contribution is -0.869. The third kappa shape index (κ3) is 10.8. The summed E-state index contributed by atoms with van der Waals surface area (Å²) in [4.78, 5) is 1.44. The van der Waals surface area contributed by atoms with Gasteiger partial charge >= 0.3 is 6.18 Å². The number of rotatable bonds is 8. The Bertz CT molecular complexity index is 222. The van der Waals surface area contributed by atoms with Crippen LogP contribution in [0.4, 0.5) is 13.2 Å². The van der Waals surface area contributed by atoms with E-state index in [0.29, 0.717) is 13.1 Å². The minimum Gasteiger partial charge on any atom is -0.330 e. The third-order valence-corrected chi connectivity index (χ3v) is 2.65. The second-order valence-corrected chi connectivity index (χ2v) is 5.94. The molecule has 18 heavy (non-hydrogen) atoms. The highest BCUT2D eigenvalue weighted by Crippen LogP contribution is 2.17. The molecule has 0 bridgehead atoms. The van der Waals surface area contributed by atoms with E-state index in [9.17, 15) is 13.2 Å². The van der Waals surface area contributed by atoms with E-state index in [1.807, 2.05) is 0 Å². The van der Waals surface area contributed by atoms with E-state index in [0.717, 1.165) is 17.6 Å². The number of nitrogens with zero attached hydrogens (tertiary/aromatic N) is 2. The van der Waals surface area contributed by atoms with Gasteiger partial charge in [-0.1, -0.05) is 0 Å². The summed E-state index contributed by atoms with van der Waals surface area (Å²) in [6, 6.07) is -0.0909. The van der Waals surface area contributed by atoms with Crippen molar-refractivity contribution < 1.29 is 17.7 Å². The molecule has 0 saturated carbocycles. The molecular weight excluding hydrogens is 243 g/mol. The Morgan fingerprint density at radius 3 is 2.06 bits per heavy atom. The van der Waals surface area contributed by atoms with E-state index in [1.165, 1.54) is 4.90 Å². The van der Waals surface area contributed by atoms with Gasteiger partial charge in [0.25, 0.3) is 0 Å². The maximum Gasteiger partial charge on any atom is 0.401 e. The number of hydrogen-bond acceptors (Lipinski definition) is 2. The van der Waals surface area contributed by atoms with Gasteiger partial charge in [-0.15, -0.1) is 0 Å². The summed E-state index contributed by atoms with van der Waals surface area (Å²) in [7, 11) is 6.27. The molecule has 0 atom stereocenters. The molecule has 0 aliphatic heterocycles. The number of halogens is 3. The van der Waals surface area contributed by atoms with Gasteiger partial charge in [0.1, 0.15) is 0 Å². The van der Waals surface area contributed by atoms with Crippen molar-refractivity contribution in [3.63, 3.8) is 0 Å². The second kappa shape index (κ2) is 7.31. The van der Waals surface area contributed by atoms with Crippen LogP contribution in [0.2, 0.25) is 0 Å². The molecule has 0 spiro atoms. The molecule has 0 fully saturated rings. The van der Waals surface area contributed by atoms with Crippen LogP contribution in [0, 0.1) is 0 Å². The lowest BCUT2D eigenvalue weighted by atomic mass is 10.3. The molecule has 110 valence electrons. The molecule has 0 unspecified atom stereocenters. The molecule has 0 aromatic rings. The van der Waals surface area contributed by atoms with Crippen LogP contribution in [0.15, 0.2) is 0 Å². The fraction of sp³-hybridized carbons (Fsp3) is 1.00. The highest BCUT2D eigenvalue weighted by molar-refractivity contribution is 4.68. The first kappa shape index (κ1) is 17.7. The van der Waals surface area contributed by atoms with Gasteiger partial charge in [0.15, 0.2) is 0 Å². The number of likely N-dealkylation sites (N-methyl/N-ethyl adjacent to an activating group) is 1. The third-order valence-electron chi connectivity index (χ3n) is 2.65. The summed E-state index contributed by atoms with van der Waals surface area (Å²) >= 11 is 0. The molecule has 0 aromatic carbocycles. The minimum atomic E-state index is -4.12. The lowest BCUT2D eigenvalue weighted by Gasteiger charge is -2.28. The van der Waals surface area contributed by atoms with E-state index in [1.54, 1.807) is 13.8 Å². The van der Waals surface area contributed by atoms with Crippen LogP contribution in [0.3, 0.4) is 0 Å². The summed E-state index contributed by atoms with van der Waals surface area (Å²) in [6.45, 7) is 5.54. The van der Waals surface area contributed by atoms with Crippen LogP contribution in [-0.4, -0.2) is 75.5 Å². The van der Waals surface area contributed by atoms with Crippen LogP contribution in [0.1, 0.15) is 13.8 Å². The van der Waals surface area contributed by atoms with Crippen molar-refractivity contribution in [2.75, 3.05) is 53.9 Å². The maximum atomic E-state index is 12.3. The summed E-state index contributed by atoms with van der Waals surface area (Å²) in [5, 5.41) is 3.19. The summed E-state index contributed by atoms with van der Waals surface area (Å²) in [5.41, 5.74) is 0. The number of quaternary nitrogens is 1. The largest absolute Gasteiger partial charge is 0.401 e. The van der Waals surface area contributed by atoms with Gasteiger partial charge in [0.2, 0.25) is 0 Å². The topological polar surface area (TPSA) is 15.3 Å². The SMILES string of the molecule is CC(C)N(CCNCC[N+](C)(C)C)CC(F)(F)F. The molecule has 0 amide bonds. The molecular formula is C12H27F3N3+. The van der Waals surface area contributed by atoms with Gasteiger partial charge in [-0.2, -0.15) is 13.2 Å². The van der Waals surface area contributed by atoms with Crippen molar-refractivity contribution in [2.45, 2.75) is 26.1 Å². The van der Waals surface area contributed by atoms with Crippen molar-refractivity contribution in [3.8, 4) is 0 Å². The van der Waals surface area contributed by atoms with Gasteiger partial charge < -0.3 is 9.80 Å². The Kier molecular flexibility index (Phi) is 7.17. The standard InChI is InChI=1S/C12H27F3N3/c1-11(2)17(10-12(13,14)15)8-6-16-7-9-18(3,4)5/h11,16H,6-10H2,1-5H3/q+1. The zero-order valence-corrected chi connectivity index (χ0v) is 12.1. The Labute approximate surface area is 109 Å². The van der Waals surface area contributed by atoms with E-state index in [4.69, 9.17) is 0 Å². The predicted molar refractivity (Wildman–Crippen MR) is 68.5 cm³/mol. The summed E-state index contributed by atoms with van der Waals surface area (Å²) < 4.78 is 37.8. The molecule has 3 nitrogen and oxygen atoms in total. The number of nitrogens with one attached hydrogen (secondary N) is 1. The van der Waals surface area contributed by atoms with Gasteiger partial charge in [0.05, 0.1) is 34.2 Å². The van der Waals surface area contributed by atoms with E-state index >= 15 is 0 Å². The fourth-order valence-corrected chi connectivity index (χ4v) is 1.51. The van der Waals surface area contributed by atoms with Crippen LogP contribution < -0.4 is 5.32 Å². The van der Waals surface area contributed by atoms with Crippen molar-refractivity contribution in [3.05, 3.63) is 0 Å². The molecule has 6 heteroatoms.